The van der Waals surface area contributed by atoms with E-state index in [2.05, 4.69) is 16.1 Å². The van der Waals surface area contributed by atoms with E-state index in [4.69, 9.17) is 0 Å². The fourth-order valence-corrected chi connectivity index (χ4v) is 2.08. The second kappa shape index (κ2) is 8.51. The minimum absolute atomic E-state index is 0.137. The van der Waals surface area contributed by atoms with Gasteiger partial charge in [-0.15, -0.1) is 0 Å². The number of piperidine rings is 1. The number of halogens is 1. The smallest absolute Gasteiger partial charge is 0.123 e. The van der Waals surface area contributed by atoms with Crippen LogP contribution in [0.2, 0.25) is 0 Å². The van der Waals surface area contributed by atoms with Crippen LogP contribution in [0.5, 0.6) is 0 Å². The first-order valence-corrected chi connectivity index (χ1v) is 7.33. The Labute approximate surface area is 114 Å². The van der Waals surface area contributed by atoms with Gasteiger partial charge in [0.2, 0.25) is 0 Å². The van der Waals surface area contributed by atoms with E-state index in [-0.39, 0.29) is 5.82 Å². The molecule has 0 unspecified atom stereocenters. The lowest BCUT2D eigenvalue weighted by atomic mass is 9.90. The summed E-state index contributed by atoms with van der Waals surface area (Å²) in [7, 11) is 3.80. The lowest BCUT2D eigenvalue weighted by Crippen LogP contribution is -2.29. The Hall–Kier alpha value is -0.580. The van der Waals surface area contributed by atoms with Gasteiger partial charge in [0.05, 0.1) is 7.11 Å². The summed E-state index contributed by atoms with van der Waals surface area (Å²) in [6, 6.07) is 6.97. The molecule has 102 valence electrons. The van der Waals surface area contributed by atoms with Gasteiger partial charge in [-0.05, 0) is 68.6 Å². The lowest BCUT2D eigenvalue weighted by molar-refractivity contribution is 0.255. The average Bonchev–Trinajstić information content (AvgIpc) is 2.41. The molecule has 0 radical (unpaired) electrons. The van der Waals surface area contributed by atoms with E-state index in [1.54, 1.807) is 19.2 Å². The van der Waals surface area contributed by atoms with Crippen molar-refractivity contribution in [3.63, 3.8) is 0 Å². The predicted molar refractivity (Wildman–Crippen MR) is 76.4 cm³/mol. The third kappa shape index (κ3) is 5.38. The maximum atomic E-state index is 12.7. The molecule has 1 heterocycles. The number of likely N-dealkylation sites (tertiary alicyclic amines) is 1. The molecular formula is C14H22FNOS. The van der Waals surface area contributed by atoms with E-state index in [0.29, 0.717) is 5.92 Å². The summed E-state index contributed by atoms with van der Waals surface area (Å²) in [5.41, 5.74) is 1.29. The largest absolute Gasteiger partial charge is 0.319 e. The minimum atomic E-state index is -0.137. The Morgan fingerprint density at radius 1 is 1.22 bits per heavy atom. The van der Waals surface area contributed by atoms with E-state index in [9.17, 15) is 4.39 Å². The highest BCUT2D eigenvalue weighted by Gasteiger charge is 2.17. The van der Waals surface area contributed by atoms with E-state index in [1.165, 1.54) is 30.4 Å². The normalized spacial score (nSPS) is 17.1. The quantitative estimate of drug-likeness (QED) is 0.763. The fourth-order valence-electron chi connectivity index (χ4n) is 2.08. The van der Waals surface area contributed by atoms with Gasteiger partial charge in [0.15, 0.2) is 0 Å². The molecule has 0 bridgehead atoms. The van der Waals surface area contributed by atoms with Crippen molar-refractivity contribution in [2.24, 2.45) is 0 Å². The predicted octanol–water partition coefficient (Wildman–Crippen LogP) is 3.55. The zero-order valence-electron chi connectivity index (χ0n) is 11.4. The van der Waals surface area contributed by atoms with Crippen LogP contribution >= 0.6 is 12.0 Å². The monoisotopic (exact) mass is 271 g/mol. The van der Waals surface area contributed by atoms with Crippen LogP contribution in [0.3, 0.4) is 0 Å². The highest BCUT2D eigenvalue weighted by Crippen LogP contribution is 2.27. The molecule has 1 fully saturated rings. The zero-order chi connectivity index (χ0) is 13.4. The van der Waals surface area contributed by atoms with Crippen molar-refractivity contribution >= 4 is 12.0 Å². The van der Waals surface area contributed by atoms with Crippen molar-refractivity contribution in [2.45, 2.75) is 18.8 Å². The van der Waals surface area contributed by atoms with Crippen molar-refractivity contribution in [1.29, 1.82) is 0 Å². The maximum absolute atomic E-state index is 12.7. The standard InChI is InChI=1S/C12H16FN.C2H6OS/c1-14-8-6-11(7-9-14)10-2-4-12(13)5-3-10;1-3-4-2/h2-5,11H,6-9H2,1H3;1-2H3. The van der Waals surface area contributed by atoms with E-state index >= 15 is 0 Å². The van der Waals surface area contributed by atoms with E-state index in [1.807, 2.05) is 18.4 Å². The Balaban J connectivity index is 0.000000357. The fraction of sp³-hybridized carbons (Fsp3) is 0.571. The summed E-state index contributed by atoms with van der Waals surface area (Å²) in [4.78, 5) is 2.35. The third-order valence-corrected chi connectivity index (χ3v) is 3.56. The second-order valence-electron chi connectivity index (χ2n) is 4.46. The molecule has 0 saturated carbocycles. The van der Waals surface area contributed by atoms with Gasteiger partial charge in [0, 0.05) is 6.26 Å². The Bertz CT molecular complexity index is 321. The SMILES string of the molecule is CN1CCC(c2ccc(F)cc2)CC1.COSC. The van der Waals surface area contributed by atoms with Crippen LogP contribution in [0.1, 0.15) is 24.3 Å². The van der Waals surface area contributed by atoms with Gasteiger partial charge in [0.25, 0.3) is 0 Å². The first kappa shape index (κ1) is 15.5. The second-order valence-corrected chi connectivity index (χ2v) is 5.13. The molecule has 0 N–H and O–H groups in total. The average molecular weight is 271 g/mol. The molecule has 18 heavy (non-hydrogen) atoms. The zero-order valence-corrected chi connectivity index (χ0v) is 12.2. The molecule has 1 saturated heterocycles. The number of hydrogen-bond donors (Lipinski definition) is 0. The highest BCUT2D eigenvalue weighted by atomic mass is 32.2. The van der Waals surface area contributed by atoms with Crippen LogP contribution in [-0.4, -0.2) is 38.4 Å². The van der Waals surface area contributed by atoms with Gasteiger partial charge in [0.1, 0.15) is 5.82 Å². The molecule has 0 amide bonds. The summed E-state index contributed by atoms with van der Waals surface area (Å²) in [6.07, 6.45) is 4.27. The maximum Gasteiger partial charge on any atom is 0.123 e. The van der Waals surface area contributed by atoms with Gasteiger partial charge in [-0.25, -0.2) is 4.39 Å². The van der Waals surface area contributed by atoms with Crippen molar-refractivity contribution < 1.29 is 8.57 Å². The van der Waals surface area contributed by atoms with Crippen molar-refractivity contribution in [2.75, 3.05) is 33.5 Å². The number of rotatable bonds is 2. The molecule has 2 rings (SSSR count). The lowest BCUT2D eigenvalue weighted by Gasteiger charge is -2.29. The van der Waals surface area contributed by atoms with Crippen LogP contribution in [0.25, 0.3) is 0 Å². The van der Waals surface area contributed by atoms with Crippen molar-refractivity contribution in [3.8, 4) is 0 Å². The molecule has 0 spiro atoms. The molecule has 1 aromatic carbocycles. The van der Waals surface area contributed by atoms with Crippen molar-refractivity contribution in [3.05, 3.63) is 35.6 Å². The molecule has 2 nitrogen and oxygen atoms in total. The number of benzene rings is 1. The Kier molecular flexibility index (Phi) is 7.32. The molecular weight excluding hydrogens is 249 g/mol. The molecule has 1 aliphatic rings. The molecule has 0 atom stereocenters. The van der Waals surface area contributed by atoms with Crippen LogP contribution in [0, 0.1) is 5.82 Å². The summed E-state index contributed by atoms with van der Waals surface area (Å²) < 4.78 is 17.2. The number of hydrogen-bond acceptors (Lipinski definition) is 3. The highest BCUT2D eigenvalue weighted by molar-refractivity contribution is 7.93. The van der Waals surface area contributed by atoms with Gasteiger partial charge >= 0.3 is 0 Å². The third-order valence-electron chi connectivity index (χ3n) is 3.23. The van der Waals surface area contributed by atoms with Crippen molar-refractivity contribution in [1.82, 2.24) is 4.90 Å². The molecule has 1 aromatic rings. The van der Waals surface area contributed by atoms with Crippen LogP contribution < -0.4 is 0 Å². The summed E-state index contributed by atoms with van der Waals surface area (Å²) >= 11 is 1.36. The van der Waals surface area contributed by atoms with Crippen LogP contribution in [-0.2, 0) is 4.18 Å². The Morgan fingerprint density at radius 2 is 1.72 bits per heavy atom. The van der Waals surface area contributed by atoms with Crippen LogP contribution in [0.15, 0.2) is 24.3 Å². The summed E-state index contributed by atoms with van der Waals surface area (Å²) in [5.74, 6) is 0.494. The van der Waals surface area contributed by atoms with Gasteiger partial charge < -0.3 is 9.08 Å². The molecule has 0 aliphatic carbocycles. The molecule has 0 aromatic heterocycles. The minimum Gasteiger partial charge on any atom is -0.319 e. The van der Waals surface area contributed by atoms with Gasteiger partial charge in [-0.2, -0.15) is 0 Å². The first-order valence-electron chi connectivity index (χ1n) is 6.18. The van der Waals surface area contributed by atoms with E-state index < -0.39 is 0 Å². The molecule has 1 aliphatic heterocycles. The topological polar surface area (TPSA) is 12.5 Å². The van der Waals surface area contributed by atoms with Crippen LogP contribution in [0.4, 0.5) is 4.39 Å². The van der Waals surface area contributed by atoms with Gasteiger partial charge in [-0.1, -0.05) is 12.1 Å². The summed E-state index contributed by atoms with van der Waals surface area (Å²) in [5, 5.41) is 0. The Morgan fingerprint density at radius 3 is 2.17 bits per heavy atom. The van der Waals surface area contributed by atoms with Gasteiger partial charge in [-0.3, -0.25) is 0 Å². The molecule has 4 heteroatoms. The summed E-state index contributed by atoms with van der Waals surface area (Å²) in [6.45, 7) is 2.31. The number of nitrogens with zero attached hydrogens (tertiary/aromatic N) is 1. The van der Waals surface area contributed by atoms with E-state index in [0.717, 1.165) is 13.1 Å². The first-order chi connectivity index (χ1) is 8.67.